The number of esters is 1. The second-order valence-corrected chi connectivity index (χ2v) is 5.61. The van der Waals surface area contributed by atoms with E-state index in [9.17, 15) is 19.7 Å². The fourth-order valence-corrected chi connectivity index (χ4v) is 2.66. The number of benzene rings is 1. The van der Waals surface area contributed by atoms with Gasteiger partial charge in [-0.25, -0.2) is 4.79 Å². The Bertz CT molecular complexity index is 693. The van der Waals surface area contributed by atoms with E-state index in [1.807, 2.05) is 0 Å². The first-order valence-corrected chi connectivity index (χ1v) is 7.26. The molecule has 1 amide bonds. The van der Waals surface area contributed by atoms with Gasteiger partial charge in [-0.2, -0.15) is 0 Å². The molecule has 0 unspecified atom stereocenters. The first-order valence-electron chi connectivity index (χ1n) is 7.26. The van der Waals surface area contributed by atoms with Crippen molar-refractivity contribution in [1.29, 1.82) is 0 Å². The van der Waals surface area contributed by atoms with Crippen molar-refractivity contribution in [3.05, 3.63) is 51.2 Å². The third-order valence-electron chi connectivity index (χ3n) is 3.54. The summed E-state index contributed by atoms with van der Waals surface area (Å²) in [6.07, 6.45) is -0.364. The summed E-state index contributed by atoms with van der Waals surface area (Å²) in [7, 11) is 0. The Morgan fingerprint density at radius 2 is 2.04 bits per heavy atom. The number of nitrogens with zero attached hydrogens (tertiary/aromatic N) is 1. The average molecular weight is 318 g/mol. The number of rotatable bonds is 4. The lowest BCUT2D eigenvalue weighted by Crippen LogP contribution is -2.34. The molecule has 122 valence electrons. The molecule has 1 aromatic rings. The number of carbonyl (C=O) groups is 2. The lowest BCUT2D eigenvalue weighted by Gasteiger charge is -2.26. The average Bonchev–Trinajstić information content (AvgIpc) is 2.45. The molecule has 7 heteroatoms. The van der Waals surface area contributed by atoms with Crippen LogP contribution in [0.2, 0.25) is 0 Å². The Hall–Kier alpha value is -2.70. The molecular formula is C16H18N2O5. The van der Waals surface area contributed by atoms with Crippen LogP contribution >= 0.6 is 0 Å². The highest BCUT2D eigenvalue weighted by Crippen LogP contribution is 2.38. The molecule has 0 saturated heterocycles. The molecule has 0 saturated carbocycles. The summed E-state index contributed by atoms with van der Waals surface area (Å²) in [6, 6.07) is 6.13. The number of para-hydroxylation sites is 1. The minimum absolute atomic E-state index is 0.0370. The fourth-order valence-electron chi connectivity index (χ4n) is 2.66. The maximum atomic E-state index is 12.4. The molecule has 0 bridgehead atoms. The molecule has 2 rings (SSSR count). The van der Waals surface area contributed by atoms with Gasteiger partial charge in [-0.1, -0.05) is 18.2 Å². The van der Waals surface area contributed by atoms with Crippen molar-refractivity contribution in [2.75, 3.05) is 0 Å². The molecule has 7 nitrogen and oxygen atoms in total. The van der Waals surface area contributed by atoms with Crippen molar-refractivity contribution in [3.63, 3.8) is 0 Å². The SMILES string of the molecule is CC1=C(C(=O)OC(C)C)[C@H](c2ccccc2[N+](=O)[O-])CC(=O)N1. The minimum atomic E-state index is -0.698. The number of hydrogen-bond acceptors (Lipinski definition) is 5. The standard InChI is InChI=1S/C16H18N2O5/c1-9(2)23-16(20)15-10(3)17-14(19)8-12(15)11-6-4-5-7-13(11)18(21)22/h4-7,9,12H,8H2,1-3H3,(H,17,19)/t12-/m0/s1. The first kappa shape index (κ1) is 16.7. The van der Waals surface area contributed by atoms with Crippen molar-refractivity contribution >= 4 is 17.6 Å². The number of amides is 1. The number of nitrogens with one attached hydrogen (secondary N) is 1. The van der Waals surface area contributed by atoms with Gasteiger partial charge in [-0.15, -0.1) is 0 Å². The van der Waals surface area contributed by atoms with Gasteiger partial charge in [-0.3, -0.25) is 14.9 Å². The Morgan fingerprint density at radius 1 is 1.39 bits per heavy atom. The van der Waals surface area contributed by atoms with E-state index in [0.717, 1.165) is 0 Å². The zero-order chi connectivity index (χ0) is 17.1. The highest BCUT2D eigenvalue weighted by molar-refractivity contribution is 5.96. The number of nitro benzene ring substituents is 1. The van der Waals surface area contributed by atoms with Crippen molar-refractivity contribution in [2.45, 2.75) is 39.2 Å². The second kappa shape index (κ2) is 6.60. The number of hydrogen-bond donors (Lipinski definition) is 1. The zero-order valence-corrected chi connectivity index (χ0v) is 13.2. The Morgan fingerprint density at radius 3 is 2.65 bits per heavy atom. The topological polar surface area (TPSA) is 98.5 Å². The molecule has 1 heterocycles. The molecule has 0 spiro atoms. The van der Waals surface area contributed by atoms with E-state index in [1.54, 1.807) is 39.0 Å². The van der Waals surface area contributed by atoms with Crippen LogP contribution in [0.1, 0.15) is 38.7 Å². The van der Waals surface area contributed by atoms with Crippen LogP contribution in [0.3, 0.4) is 0 Å². The molecule has 0 aromatic heterocycles. The molecule has 0 fully saturated rings. The lowest BCUT2D eigenvalue weighted by atomic mass is 9.83. The highest BCUT2D eigenvalue weighted by atomic mass is 16.6. The van der Waals surface area contributed by atoms with Gasteiger partial charge < -0.3 is 10.1 Å². The van der Waals surface area contributed by atoms with Crippen LogP contribution in [0.15, 0.2) is 35.5 Å². The fraction of sp³-hybridized carbons (Fsp3) is 0.375. The van der Waals surface area contributed by atoms with E-state index in [0.29, 0.717) is 11.3 Å². The van der Waals surface area contributed by atoms with E-state index >= 15 is 0 Å². The number of nitro groups is 1. The lowest BCUT2D eigenvalue weighted by molar-refractivity contribution is -0.385. The number of ether oxygens (including phenoxy) is 1. The van der Waals surface area contributed by atoms with E-state index in [4.69, 9.17) is 4.74 Å². The molecule has 0 aliphatic carbocycles. The van der Waals surface area contributed by atoms with Crippen LogP contribution in [0.25, 0.3) is 0 Å². The molecule has 1 aromatic carbocycles. The summed E-state index contributed by atoms with van der Waals surface area (Å²) < 4.78 is 5.23. The Labute approximate surface area is 133 Å². The Kier molecular flexibility index (Phi) is 4.78. The van der Waals surface area contributed by atoms with Crippen molar-refractivity contribution in [2.24, 2.45) is 0 Å². The van der Waals surface area contributed by atoms with E-state index < -0.39 is 16.8 Å². The van der Waals surface area contributed by atoms with Gasteiger partial charge in [0.05, 0.1) is 16.6 Å². The third kappa shape index (κ3) is 3.56. The summed E-state index contributed by atoms with van der Waals surface area (Å²) >= 11 is 0. The Balaban J connectivity index is 2.54. The first-order chi connectivity index (χ1) is 10.8. The van der Waals surface area contributed by atoms with Crippen molar-refractivity contribution in [1.82, 2.24) is 5.32 Å². The summed E-state index contributed by atoms with van der Waals surface area (Å²) in [5, 5.41) is 13.9. The van der Waals surface area contributed by atoms with Gasteiger partial charge in [0.1, 0.15) is 0 Å². The van der Waals surface area contributed by atoms with Gasteiger partial charge >= 0.3 is 5.97 Å². The van der Waals surface area contributed by atoms with Crippen molar-refractivity contribution in [3.8, 4) is 0 Å². The maximum absolute atomic E-state index is 12.4. The van der Waals surface area contributed by atoms with Gasteiger partial charge in [0.15, 0.2) is 0 Å². The molecule has 23 heavy (non-hydrogen) atoms. The smallest absolute Gasteiger partial charge is 0.336 e. The quantitative estimate of drug-likeness (QED) is 0.522. The van der Waals surface area contributed by atoms with Crippen LogP contribution in [-0.4, -0.2) is 22.9 Å². The molecule has 1 atom stereocenters. The predicted molar refractivity (Wildman–Crippen MR) is 82.5 cm³/mol. The van der Waals surface area contributed by atoms with E-state index in [-0.39, 0.29) is 29.7 Å². The number of carbonyl (C=O) groups excluding carboxylic acids is 2. The molecule has 1 N–H and O–H groups in total. The summed E-state index contributed by atoms with van der Waals surface area (Å²) in [6.45, 7) is 5.03. The molecule has 1 aliphatic heterocycles. The summed E-state index contributed by atoms with van der Waals surface area (Å²) in [4.78, 5) is 35.0. The van der Waals surface area contributed by atoms with Crippen LogP contribution in [-0.2, 0) is 14.3 Å². The maximum Gasteiger partial charge on any atom is 0.336 e. The largest absolute Gasteiger partial charge is 0.460 e. The normalized spacial score (nSPS) is 17.9. The highest BCUT2D eigenvalue weighted by Gasteiger charge is 2.36. The van der Waals surface area contributed by atoms with E-state index in [1.165, 1.54) is 6.07 Å². The minimum Gasteiger partial charge on any atom is -0.460 e. The van der Waals surface area contributed by atoms with Crippen LogP contribution in [0.5, 0.6) is 0 Å². The summed E-state index contributed by atoms with van der Waals surface area (Å²) in [5.41, 5.74) is 0.847. The summed E-state index contributed by atoms with van der Waals surface area (Å²) in [5.74, 6) is -1.55. The number of allylic oxidation sites excluding steroid dienone is 1. The van der Waals surface area contributed by atoms with Gasteiger partial charge in [0.25, 0.3) is 5.69 Å². The van der Waals surface area contributed by atoms with Crippen LogP contribution in [0.4, 0.5) is 5.69 Å². The van der Waals surface area contributed by atoms with Gasteiger partial charge in [0.2, 0.25) is 5.91 Å². The van der Waals surface area contributed by atoms with E-state index in [2.05, 4.69) is 5.32 Å². The second-order valence-electron chi connectivity index (χ2n) is 5.61. The molecular weight excluding hydrogens is 300 g/mol. The predicted octanol–water partition coefficient (Wildman–Crippen LogP) is 2.42. The van der Waals surface area contributed by atoms with Crippen LogP contribution in [0, 0.1) is 10.1 Å². The molecule has 1 aliphatic rings. The van der Waals surface area contributed by atoms with Crippen LogP contribution < -0.4 is 5.32 Å². The van der Waals surface area contributed by atoms with Gasteiger partial charge in [-0.05, 0) is 20.8 Å². The molecule has 0 radical (unpaired) electrons. The van der Waals surface area contributed by atoms with Crippen molar-refractivity contribution < 1.29 is 19.2 Å². The third-order valence-corrected chi connectivity index (χ3v) is 3.54. The zero-order valence-electron chi connectivity index (χ0n) is 13.2. The monoisotopic (exact) mass is 318 g/mol. The van der Waals surface area contributed by atoms with Gasteiger partial charge in [0, 0.05) is 29.7 Å².